The third-order valence-electron chi connectivity index (χ3n) is 4.73. The Morgan fingerprint density at radius 2 is 1.96 bits per heavy atom. The molecule has 2 N–H and O–H groups in total. The molecule has 1 fully saturated rings. The van der Waals surface area contributed by atoms with Crippen LogP contribution in [0.2, 0.25) is 0 Å². The Morgan fingerprint density at radius 3 is 2.63 bits per heavy atom. The molecule has 3 rings (SSSR count). The summed E-state index contributed by atoms with van der Waals surface area (Å²) in [6.07, 6.45) is 3.15. The number of hydrogen-bond acceptors (Lipinski definition) is 3. The van der Waals surface area contributed by atoms with Crippen LogP contribution in [0, 0.1) is 6.92 Å². The van der Waals surface area contributed by atoms with E-state index in [1.807, 2.05) is 55.5 Å². The standard InChI is InChI=1S/C22H27N3O2/c1-3-17-10-12-18(13-11-17)21(26)25-22(23-15-19-8-6-14-27-19)24-20-9-5-4-7-16(20)2/h4-5,7,9-13,19H,3,6,8,14-15H2,1-2H3,(H2,23,24,25,26). The molecule has 1 saturated heterocycles. The summed E-state index contributed by atoms with van der Waals surface area (Å²) in [5.41, 5.74) is 3.83. The molecule has 142 valence electrons. The molecule has 0 spiro atoms. The fourth-order valence-corrected chi connectivity index (χ4v) is 3.00. The van der Waals surface area contributed by atoms with Crippen LogP contribution in [0.15, 0.2) is 53.5 Å². The van der Waals surface area contributed by atoms with Crippen molar-refractivity contribution in [1.82, 2.24) is 5.32 Å². The Hall–Kier alpha value is -2.66. The van der Waals surface area contributed by atoms with Gasteiger partial charge in [0.15, 0.2) is 0 Å². The van der Waals surface area contributed by atoms with Crippen LogP contribution in [0.4, 0.5) is 5.69 Å². The molecule has 1 atom stereocenters. The summed E-state index contributed by atoms with van der Waals surface area (Å²) < 4.78 is 5.64. The summed E-state index contributed by atoms with van der Waals surface area (Å²) in [4.78, 5) is 17.3. The first-order valence-corrected chi connectivity index (χ1v) is 9.54. The van der Waals surface area contributed by atoms with Crippen molar-refractivity contribution in [3.05, 3.63) is 65.2 Å². The number of rotatable bonds is 5. The molecule has 1 amide bonds. The van der Waals surface area contributed by atoms with Gasteiger partial charge in [-0.3, -0.25) is 10.1 Å². The lowest BCUT2D eigenvalue weighted by molar-refractivity contribution is 0.0975. The Bertz CT molecular complexity index is 793. The SMILES string of the molecule is CCc1ccc(C(=O)NC(=NCC2CCCO2)Nc2ccccc2C)cc1. The van der Waals surface area contributed by atoms with Gasteiger partial charge in [-0.2, -0.15) is 0 Å². The normalized spacial score (nSPS) is 17.0. The number of anilines is 1. The number of carbonyl (C=O) groups excluding carboxylic acids is 1. The van der Waals surface area contributed by atoms with Gasteiger partial charge in [0.2, 0.25) is 5.96 Å². The van der Waals surface area contributed by atoms with Crippen molar-refractivity contribution in [2.45, 2.75) is 39.2 Å². The Labute approximate surface area is 160 Å². The third-order valence-corrected chi connectivity index (χ3v) is 4.73. The first-order chi connectivity index (χ1) is 13.2. The number of nitrogens with one attached hydrogen (secondary N) is 2. The molecular weight excluding hydrogens is 338 g/mol. The molecule has 1 heterocycles. The van der Waals surface area contributed by atoms with Crippen molar-refractivity contribution < 1.29 is 9.53 Å². The molecular formula is C22H27N3O2. The molecule has 2 aromatic carbocycles. The largest absolute Gasteiger partial charge is 0.376 e. The van der Waals surface area contributed by atoms with E-state index in [4.69, 9.17) is 4.74 Å². The highest BCUT2D eigenvalue weighted by molar-refractivity contribution is 6.10. The van der Waals surface area contributed by atoms with Crippen molar-refractivity contribution in [3.63, 3.8) is 0 Å². The fraction of sp³-hybridized carbons (Fsp3) is 0.364. The zero-order valence-corrected chi connectivity index (χ0v) is 16.0. The predicted molar refractivity (Wildman–Crippen MR) is 109 cm³/mol. The van der Waals surface area contributed by atoms with Gasteiger partial charge >= 0.3 is 0 Å². The topological polar surface area (TPSA) is 62.7 Å². The maximum atomic E-state index is 12.7. The second-order valence-corrected chi connectivity index (χ2v) is 6.77. The van der Waals surface area contributed by atoms with Gasteiger partial charge in [0.1, 0.15) is 0 Å². The maximum absolute atomic E-state index is 12.7. The number of ether oxygens (including phenoxy) is 1. The Kier molecular flexibility index (Phi) is 6.60. The second-order valence-electron chi connectivity index (χ2n) is 6.77. The lowest BCUT2D eigenvalue weighted by atomic mass is 10.1. The number of carbonyl (C=O) groups is 1. The Balaban J connectivity index is 1.74. The quantitative estimate of drug-likeness (QED) is 0.623. The number of guanidine groups is 1. The molecule has 1 unspecified atom stereocenters. The maximum Gasteiger partial charge on any atom is 0.257 e. The van der Waals surface area contributed by atoms with E-state index in [1.54, 1.807) is 0 Å². The van der Waals surface area contributed by atoms with Gasteiger partial charge in [-0.25, -0.2) is 4.99 Å². The molecule has 0 radical (unpaired) electrons. The second kappa shape index (κ2) is 9.33. The molecule has 5 nitrogen and oxygen atoms in total. The minimum absolute atomic E-state index is 0.124. The molecule has 0 aromatic heterocycles. The summed E-state index contributed by atoms with van der Waals surface area (Å²) in [6, 6.07) is 15.6. The summed E-state index contributed by atoms with van der Waals surface area (Å²) >= 11 is 0. The number of nitrogens with zero attached hydrogens (tertiary/aromatic N) is 1. The molecule has 5 heteroatoms. The van der Waals surface area contributed by atoms with Crippen LogP contribution < -0.4 is 10.6 Å². The van der Waals surface area contributed by atoms with Crippen molar-refractivity contribution in [1.29, 1.82) is 0 Å². The van der Waals surface area contributed by atoms with E-state index in [9.17, 15) is 4.79 Å². The molecule has 0 saturated carbocycles. The van der Waals surface area contributed by atoms with E-state index in [2.05, 4.69) is 22.5 Å². The summed E-state index contributed by atoms with van der Waals surface area (Å²) in [6.45, 7) is 5.43. The minimum Gasteiger partial charge on any atom is -0.376 e. The van der Waals surface area contributed by atoms with E-state index in [0.717, 1.165) is 37.1 Å². The fourth-order valence-electron chi connectivity index (χ4n) is 3.00. The number of aryl methyl sites for hydroxylation is 2. The van der Waals surface area contributed by atoms with E-state index >= 15 is 0 Å². The Morgan fingerprint density at radius 1 is 1.19 bits per heavy atom. The smallest absolute Gasteiger partial charge is 0.257 e. The van der Waals surface area contributed by atoms with Crippen LogP contribution in [0.1, 0.15) is 41.3 Å². The first-order valence-electron chi connectivity index (χ1n) is 9.54. The lowest BCUT2D eigenvalue weighted by Gasteiger charge is -2.15. The highest BCUT2D eigenvalue weighted by Gasteiger charge is 2.16. The van der Waals surface area contributed by atoms with Crippen molar-refractivity contribution in [2.24, 2.45) is 4.99 Å². The average Bonchev–Trinajstić information content (AvgIpc) is 3.21. The summed E-state index contributed by atoms with van der Waals surface area (Å²) in [5.74, 6) is 0.272. The molecule has 0 bridgehead atoms. The van der Waals surface area contributed by atoms with Crippen molar-refractivity contribution >= 4 is 17.6 Å². The number of para-hydroxylation sites is 1. The highest BCUT2D eigenvalue weighted by atomic mass is 16.5. The van der Waals surface area contributed by atoms with Crippen LogP contribution >= 0.6 is 0 Å². The van der Waals surface area contributed by atoms with E-state index in [1.165, 1.54) is 5.56 Å². The van der Waals surface area contributed by atoms with Crippen LogP contribution in [-0.4, -0.2) is 31.1 Å². The predicted octanol–water partition coefficient (Wildman–Crippen LogP) is 3.93. The number of amides is 1. The third kappa shape index (κ3) is 5.41. The summed E-state index contributed by atoms with van der Waals surface area (Å²) in [7, 11) is 0. The molecule has 1 aliphatic heterocycles. The minimum atomic E-state index is -0.176. The van der Waals surface area contributed by atoms with Gasteiger partial charge in [0.05, 0.1) is 12.6 Å². The molecule has 0 aliphatic carbocycles. The molecule has 27 heavy (non-hydrogen) atoms. The monoisotopic (exact) mass is 365 g/mol. The highest BCUT2D eigenvalue weighted by Crippen LogP contribution is 2.15. The van der Waals surface area contributed by atoms with E-state index < -0.39 is 0 Å². The van der Waals surface area contributed by atoms with E-state index in [-0.39, 0.29) is 12.0 Å². The van der Waals surface area contributed by atoms with Gasteiger partial charge in [-0.1, -0.05) is 37.3 Å². The van der Waals surface area contributed by atoms with Gasteiger partial charge in [-0.05, 0) is 55.5 Å². The van der Waals surface area contributed by atoms with E-state index in [0.29, 0.717) is 18.1 Å². The molecule has 2 aromatic rings. The lowest BCUT2D eigenvalue weighted by Crippen LogP contribution is -2.37. The van der Waals surface area contributed by atoms with Gasteiger partial charge in [0.25, 0.3) is 5.91 Å². The van der Waals surface area contributed by atoms with Gasteiger partial charge < -0.3 is 10.1 Å². The van der Waals surface area contributed by atoms with Gasteiger partial charge in [-0.15, -0.1) is 0 Å². The van der Waals surface area contributed by atoms with Crippen molar-refractivity contribution in [2.75, 3.05) is 18.5 Å². The van der Waals surface area contributed by atoms with Crippen LogP contribution in [0.3, 0.4) is 0 Å². The number of benzene rings is 2. The average molecular weight is 365 g/mol. The van der Waals surface area contributed by atoms with Crippen LogP contribution in [-0.2, 0) is 11.2 Å². The van der Waals surface area contributed by atoms with Gasteiger partial charge in [0, 0.05) is 17.9 Å². The summed E-state index contributed by atoms with van der Waals surface area (Å²) in [5, 5.41) is 6.17. The van der Waals surface area contributed by atoms with Crippen LogP contribution in [0.25, 0.3) is 0 Å². The first kappa shape index (κ1) is 19.1. The zero-order valence-electron chi connectivity index (χ0n) is 16.0. The number of hydrogen-bond donors (Lipinski definition) is 2. The molecule has 1 aliphatic rings. The van der Waals surface area contributed by atoms with Crippen molar-refractivity contribution in [3.8, 4) is 0 Å². The van der Waals surface area contributed by atoms with Crippen LogP contribution in [0.5, 0.6) is 0 Å². The number of aliphatic imine (C=N–C) groups is 1. The zero-order chi connectivity index (χ0) is 19.1.